The van der Waals surface area contributed by atoms with Gasteiger partial charge in [0.25, 0.3) is 0 Å². The number of ether oxygens (including phenoxy) is 5. The molecule has 0 aliphatic carbocycles. The Morgan fingerprint density at radius 3 is 1.26 bits per heavy atom. The summed E-state index contributed by atoms with van der Waals surface area (Å²) in [7, 11) is 0. The van der Waals surface area contributed by atoms with Crippen molar-refractivity contribution in [1.82, 2.24) is 0 Å². The lowest BCUT2D eigenvalue weighted by Crippen LogP contribution is -2.61. The number of hydrogen-bond donors (Lipinski definition) is 3. The van der Waals surface area contributed by atoms with Gasteiger partial charge in [-0.1, -0.05) is 244 Å². The molecule has 0 radical (unpaired) electrons. The number of carbonyl (C=O) groups is 4. The summed E-state index contributed by atoms with van der Waals surface area (Å²) in [4.78, 5) is 51.1. The summed E-state index contributed by atoms with van der Waals surface area (Å²) >= 11 is 0. The second kappa shape index (κ2) is 50.0. The third-order valence-corrected chi connectivity index (χ3v) is 14.0. The first kappa shape index (κ1) is 68.2. The van der Waals surface area contributed by atoms with E-state index in [0.717, 1.165) is 83.5 Å². The molecule has 1 fully saturated rings. The normalized spacial score (nSPS) is 18.4. The van der Waals surface area contributed by atoms with Crippen LogP contribution in [-0.2, 0) is 42.9 Å². The number of aliphatic hydroxyl groups excluding tert-OH is 2. The zero-order chi connectivity index (χ0) is 53.3. The molecule has 0 aromatic heterocycles. The number of carboxylic acids is 1. The third kappa shape index (κ3) is 40.2. The van der Waals surface area contributed by atoms with Gasteiger partial charge in [0.2, 0.25) is 0 Å². The first-order valence-electron chi connectivity index (χ1n) is 30.3. The summed E-state index contributed by atoms with van der Waals surface area (Å²) in [5.41, 5.74) is 0. The topological polar surface area (TPSA) is 175 Å². The second-order valence-electron chi connectivity index (χ2n) is 21.0. The fraction of sp³-hybridized carbons (Fsp3) is 0.869. The highest BCUT2D eigenvalue weighted by Crippen LogP contribution is 2.27. The maximum atomic E-state index is 13.1. The van der Waals surface area contributed by atoms with Crippen LogP contribution < -0.4 is 0 Å². The molecule has 0 bridgehead atoms. The maximum absolute atomic E-state index is 13.1. The molecule has 1 aliphatic rings. The minimum absolute atomic E-state index is 0.0664. The van der Waals surface area contributed by atoms with E-state index in [0.29, 0.717) is 19.3 Å². The number of carboxylic acid groups (broad SMARTS) is 1. The first-order valence-corrected chi connectivity index (χ1v) is 30.3. The Bertz CT molecular complexity index is 1370. The van der Waals surface area contributed by atoms with E-state index < -0.39 is 67.3 Å². The molecule has 3 N–H and O–H groups in total. The van der Waals surface area contributed by atoms with Gasteiger partial charge >= 0.3 is 23.9 Å². The summed E-state index contributed by atoms with van der Waals surface area (Å²) < 4.78 is 28.4. The largest absolute Gasteiger partial charge is 0.479 e. The molecule has 0 aromatic carbocycles. The SMILES string of the molecule is CCCCC/C=C\C/C=C\CCCCCCCC(=O)OCC(COC1OC(C(=O)O)C(O)C(O)C1OC(=O)CCCCCCCCCCCCCCCCCCC)OC(=O)CCCCCCCCCCCCC. The van der Waals surface area contributed by atoms with Gasteiger partial charge in [-0.3, -0.25) is 14.4 Å². The Morgan fingerprint density at radius 1 is 0.452 bits per heavy atom. The summed E-state index contributed by atoms with van der Waals surface area (Å²) in [6.07, 6.45) is 44.3. The first-order chi connectivity index (χ1) is 35.6. The molecule has 6 atom stereocenters. The van der Waals surface area contributed by atoms with Gasteiger partial charge in [-0.2, -0.15) is 0 Å². The standard InChI is InChI=1S/C61H110O12/c1-4-7-10-13-16-19-22-24-26-27-29-31-34-37-40-43-46-49-55(64)72-59-57(66)56(65)58(60(67)68)73-61(59)70-51-52(71-54(63)48-45-42-39-36-32-21-18-15-12-9-6-3)50-69-53(62)47-44-41-38-35-33-30-28-25-23-20-17-14-11-8-5-2/h17,20,25,28,52,56-59,61,65-66H,4-16,18-19,21-24,26-27,29-51H2,1-3H3,(H,67,68)/b20-17-,28-25-. The highest BCUT2D eigenvalue weighted by molar-refractivity contribution is 5.74. The van der Waals surface area contributed by atoms with Crippen LogP contribution >= 0.6 is 0 Å². The average Bonchev–Trinajstić information content (AvgIpc) is 3.37. The van der Waals surface area contributed by atoms with Crippen LogP contribution in [0, 0.1) is 0 Å². The molecule has 73 heavy (non-hydrogen) atoms. The smallest absolute Gasteiger partial charge is 0.335 e. The van der Waals surface area contributed by atoms with Crippen LogP contribution in [0.2, 0.25) is 0 Å². The van der Waals surface area contributed by atoms with Gasteiger partial charge in [-0.05, 0) is 51.4 Å². The van der Waals surface area contributed by atoms with Gasteiger partial charge in [0, 0.05) is 19.3 Å². The molecule has 12 heteroatoms. The van der Waals surface area contributed by atoms with Crippen LogP contribution in [0.25, 0.3) is 0 Å². The van der Waals surface area contributed by atoms with Gasteiger partial charge in [-0.25, -0.2) is 4.79 Å². The van der Waals surface area contributed by atoms with Crippen LogP contribution in [0.3, 0.4) is 0 Å². The molecule has 12 nitrogen and oxygen atoms in total. The van der Waals surface area contributed by atoms with Gasteiger partial charge in [-0.15, -0.1) is 0 Å². The highest BCUT2D eigenvalue weighted by atomic mass is 16.7. The van der Waals surface area contributed by atoms with Crippen LogP contribution in [0.15, 0.2) is 24.3 Å². The van der Waals surface area contributed by atoms with Gasteiger partial charge in [0.15, 0.2) is 24.6 Å². The number of allylic oxidation sites excluding steroid dienone is 4. The summed E-state index contributed by atoms with van der Waals surface area (Å²) in [5.74, 6) is -3.10. The van der Waals surface area contributed by atoms with Crippen LogP contribution in [0.5, 0.6) is 0 Å². The van der Waals surface area contributed by atoms with E-state index in [1.165, 1.54) is 148 Å². The Morgan fingerprint density at radius 2 is 0.822 bits per heavy atom. The van der Waals surface area contributed by atoms with Gasteiger partial charge in [0.1, 0.15) is 18.8 Å². The lowest BCUT2D eigenvalue weighted by Gasteiger charge is -2.40. The minimum Gasteiger partial charge on any atom is -0.479 e. The number of carbonyl (C=O) groups excluding carboxylic acids is 3. The van der Waals surface area contributed by atoms with Crippen molar-refractivity contribution in [1.29, 1.82) is 0 Å². The van der Waals surface area contributed by atoms with E-state index >= 15 is 0 Å². The molecule has 1 heterocycles. The Labute approximate surface area is 445 Å². The number of aliphatic hydroxyl groups is 2. The van der Waals surface area contributed by atoms with Gasteiger partial charge < -0.3 is 39.0 Å². The minimum atomic E-state index is -1.90. The Balaban J connectivity index is 2.65. The van der Waals surface area contributed by atoms with Crippen LogP contribution in [0.1, 0.15) is 290 Å². The van der Waals surface area contributed by atoms with Crippen molar-refractivity contribution in [3.8, 4) is 0 Å². The average molecular weight is 1040 g/mol. The van der Waals surface area contributed by atoms with Crippen molar-refractivity contribution in [3.05, 3.63) is 24.3 Å². The second-order valence-corrected chi connectivity index (χ2v) is 21.0. The molecule has 6 unspecified atom stereocenters. The van der Waals surface area contributed by atoms with E-state index in [-0.39, 0.29) is 25.9 Å². The van der Waals surface area contributed by atoms with Crippen molar-refractivity contribution in [2.24, 2.45) is 0 Å². The monoisotopic (exact) mass is 1030 g/mol. The molecule has 1 aliphatic heterocycles. The van der Waals surface area contributed by atoms with E-state index in [1.807, 2.05) is 0 Å². The molecule has 1 saturated heterocycles. The van der Waals surface area contributed by atoms with E-state index in [2.05, 4.69) is 45.1 Å². The number of esters is 3. The maximum Gasteiger partial charge on any atom is 0.335 e. The summed E-state index contributed by atoms with van der Waals surface area (Å²) in [6, 6.07) is 0. The van der Waals surface area contributed by atoms with Crippen molar-refractivity contribution in [2.45, 2.75) is 327 Å². The number of hydrogen-bond acceptors (Lipinski definition) is 11. The van der Waals surface area contributed by atoms with Crippen molar-refractivity contribution in [3.63, 3.8) is 0 Å². The fourth-order valence-corrected chi connectivity index (χ4v) is 9.34. The van der Waals surface area contributed by atoms with Crippen molar-refractivity contribution < 1.29 is 58.2 Å². The molecule has 0 saturated carbocycles. The van der Waals surface area contributed by atoms with Crippen molar-refractivity contribution >= 4 is 23.9 Å². The van der Waals surface area contributed by atoms with E-state index in [9.17, 15) is 34.5 Å². The van der Waals surface area contributed by atoms with Crippen LogP contribution in [-0.4, -0.2) is 89.2 Å². The molecule has 0 amide bonds. The Hall–Kier alpha value is -2.80. The number of unbranched alkanes of at least 4 members (excludes halogenated alkanes) is 34. The molecule has 0 aromatic rings. The Kier molecular flexibility index (Phi) is 46.8. The molecular formula is C61H110O12. The van der Waals surface area contributed by atoms with E-state index in [1.54, 1.807) is 0 Å². The molecule has 0 spiro atoms. The lowest BCUT2D eigenvalue weighted by molar-refractivity contribution is -0.301. The highest BCUT2D eigenvalue weighted by Gasteiger charge is 2.50. The number of aliphatic carboxylic acids is 1. The fourth-order valence-electron chi connectivity index (χ4n) is 9.34. The lowest BCUT2D eigenvalue weighted by atomic mass is 9.98. The summed E-state index contributed by atoms with van der Waals surface area (Å²) in [5, 5.41) is 31.5. The number of rotatable bonds is 52. The predicted molar refractivity (Wildman–Crippen MR) is 294 cm³/mol. The molecule has 426 valence electrons. The van der Waals surface area contributed by atoms with Crippen LogP contribution in [0.4, 0.5) is 0 Å². The molecular weight excluding hydrogens is 925 g/mol. The zero-order valence-corrected chi connectivity index (χ0v) is 46.9. The zero-order valence-electron chi connectivity index (χ0n) is 46.9. The quantitative estimate of drug-likeness (QED) is 0.0228. The van der Waals surface area contributed by atoms with E-state index in [4.69, 9.17) is 23.7 Å². The van der Waals surface area contributed by atoms with Gasteiger partial charge in [0.05, 0.1) is 6.61 Å². The summed E-state index contributed by atoms with van der Waals surface area (Å²) in [6.45, 7) is 5.98. The predicted octanol–water partition coefficient (Wildman–Crippen LogP) is 15.5. The van der Waals surface area contributed by atoms with Crippen molar-refractivity contribution in [2.75, 3.05) is 13.2 Å². The molecule has 1 rings (SSSR count). The third-order valence-electron chi connectivity index (χ3n) is 14.0.